The van der Waals surface area contributed by atoms with E-state index < -0.39 is 0 Å². The lowest BCUT2D eigenvalue weighted by atomic mass is 9.79. The van der Waals surface area contributed by atoms with Crippen LogP contribution in [-0.2, 0) is 4.79 Å². The molecule has 154 valence electrons. The Labute approximate surface area is 169 Å². The van der Waals surface area contributed by atoms with Crippen LogP contribution in [0.5, 0.6) is 11.5 Å². The van der Waals surface area contributed by atoms with Crippen molar-refractivity contribution >= 4 is 11.6 Å². The lowest BCUT2D eigenvalue weighted by Gasteiger charge is -2.25. The second kappa shape index (κ2) is 10.8. The summed E-state index contributed by atoms with van der Waals surface area (Å²) in [6.45, 7) is 12.0. The predicted molar refractivity (Wildman–Crippen MR) is 114 cm³/mol. The van der Waals surface area contributed by atoms with Crippen molar-refractivity contribution in [2.24, 2.45) is 11.3 Å². The van der Waals surface area contributed by atoms with Crippen LogP contribution in [0.3, 0.4) is 0 Å². The fourth-order valence-electron chi connectivity index (χ4n) is 3.18. The van der Waals surface area contributed by atoms with Crippen LogP contribution in [0.1, 0.15) is 70.2 Å². The van der Waals surface area contributed by atoms with Crippen molar-refractivity contribution in [2.45, 2.75) is 59.8 Å². The number of carbonyl (C=O) groups excluding carboxylic acids is 2. The Morgan fingerprint density at radius 1 is 1.32 bits per heavy atom. The minimum absolute atomic E-state index is 0.0711. The van der Waals surface area contributed by atoms with Gasteiger partial charge >= 0.3 is 0 Å². The molecule has 1 aromatic carbocycles. The van der Waals surface area contributed by atoms with E-state index in [1.54, 1.807) is 18.2 Å². The fraction of sp³-hybridized carbons (Fsp3) is 0.500. The smallest absolute Gasteiger partial charge is 0.167 e. The average molecular weight is 387 g/mol. The summed E-state index contributed by atoms with van der Waals surface area (Å²) in [5.74, 6) is 0.847. The highest BCUT2D eigenvalue weighted by atomic mass is 16.5. The first-order chi connectivity index (χ1) is 13.1. The van der Waals surface area contributed by atoms with Crippen molar-refractivity contribution in [3.05, 3.63) is 48.1 Å². The highest BCUT2D eigenvalue weighted by Crippen LogP contribution is 2.34. The van der Waals surface area contributed by atoms with Crippen molar-refractivity contribution in [3.8, 4) is 11.5 Å². The van der Waals surface area contributed by atoms with Gasteiger partial charge in [-0.3, -0.25) is 9.59 Å². The maximum absolute atomic E-state index is 12.7. The molecule has 0 aliphatic carbocycles. The number of hydrogen-bond acceptors (Lipinski definition) is 4. The maximum Gasteiger partial charge on any atom is 0.167 e. The Hall–Kier alpha value is -2.36. The lowest BCUT2D eigenvalue weighted by molar-refractivity contribution is -0.115. The largest absolute Gasteiger partial charge is 0.507 e. The third-order valence-corrected chi connectivity index (χ3v) is 4.90. The number of rotatable bonds is 12. The number of aromatic hydroxyl groups is 1. The van der Waals surface area contributed by atoms with Crippen LogP contribution in [-0.4, -0.2) is 23.8 Å². The SMILES string of the molecule is C=C[C@@](C)(CCCC(C)=CC(=O)CC(C)C)CC(=O)c1ccc(OC)cc1O. The van der Waals surface area contributed by atoms with Crippen LogP contribution in [0.15, 0.2) is 42.5 Å². The zero-order valence-electron chi connectivity index (χ0n) is 17.9. The van der Waals surface area contributed by atoms with Gasteiger partial charge in [0.15, 0.2) is 11.6 Å². The molecule has 0 aromatic heterocycles. The number of allylic oxidation sites excluding steroid dienone is 3. The molecule has 0 heterocycles. The minimum Gasteiger partial charge on any atom is -0.507 e. The minimum atomic E-state index is -0.369. The second-order valence-corrected chi connectivity index (χ2v) is 8.25. The summed E-state index contributed by atoms with van der Waals surface area (Å²) in [6.07, 6.45) is 6.85. The summed E-state index contributed by atoms with van der Waals surface area (Å²) in [5.41, 5.74) is 0.992. The third-order valence-electron chi connectivity index (χ3n) is 4.90. The summed E-state index contributed by atoms with van der Waals surface area (Å²) in [6, 6.07) is 4.70. The monoisotopic (exact) mass is 386 g/mol. The molecule has 0 bridgehead atoms. The molecule has 0 fully saturated rings. The Morgan fingerprint density at radius 2 is 2.00 bits per heavy atom. The van der Waals surface area contributed by atoms with Gasteiger partial charge in [-0.25, -0.2) is 0 Å². The van der Waals surface area contributed by atoms with Crippen molar-refractivity contribution in [1.82, 2.24) is 0 Å². The summed E-state index contributed by atoms with van der Waals surface area (Å²) < 4.78 is 5.06. The molecule has 0 radical (unpaired) electrons. The molecule has 0 amide bonds. The number of ketones is 2. The first-order valence-electron chi connectivity index (χ1n) is 9.84. The summed E-state index contributed by atoms with van der Waals surface area (Å²) in [4.78, 5) is 24.6. The van der Waals surface area contributed by atoms with Crippen molar-refractivity contribution in [3.63, 3.8) is 0 Å². The Morgan fingerprint density at radius 3 is 2.54 bits per heavy atom. The van der Waals surface area contributed by atoms with E-state index in [-0.39, 0.29) is 29.2 Å². The van der Waals surface area contributed by atoms with E-state index in [1.165, 1.54) is 13.2 Å². The van der Waals surface area contributed by atoms with E-state index in [2.05, 4.69) is 6.58 Å². The molecule has 4 heteroatoms. The van der Waals surface area contributed by atoms with Crippen LogP contribution in [0.2, 0.25) is 0 Å². The van der Waals surface area contributed by atoms with Gasteiger partial charge in [0.1, 0.15) is 11.5 Å². The maximum atomic E-state index is 12.7. The van der Waals surface area contributed by atoms with Crippen molar-refractivity contribution in [1.29, 1.82) is 0 Å². The average Bonchev–Trinajstić information content (AvgIpc) is 2.60. The van der Waals surface area contributed by atoms with E-state index in [4.69, 9.17) is 4.74 Å². The number of carbonyl (C=O) groups is 2. The Bertz CT molecular complexity index is 730. The zero-order chi connectivity index (χ0) is 21.3. The molecule has 1 rings (SSSR count). The van der Waals surface area contributed by atoms with E-state index in [0.29, 0.717) is 23.7 Å². The third kappa shape index (κ3) is 7.71. The van der Waals surface area contributed by atoms with Gasteiger partial charge in [-0.05, 0) is 55.7 Å². The number of phenolic OH excluding ortho intramolecular Hbond substituents is 1. The molecule has 0 unspecified atom stereocenters. The van der Waals surface area contributed by atoms with Gasteiger partial charge in [0.05, 0.1) is 12.7 Å². The Kier molecular flexibility index (Phi) is 9.17. The molecular formula is C24H34O4. The van der Waals surface area contributed by atoms with E-state index >= 15 is 0 Å². The molecule has 1 aromatic rings. The normalized spacial score (nSPS) is 13.9. The van der Waals surface area contributed by atoms with Gasteiger partial charge in [-0.15, -0.1) is 6.58 Å². The van der Waals surface area contributed by atoms with Crippen LogP contribution < -0.4 is 4.74 Å². The summed E-state index contributed by atoms with van der Waals surface area (Å²) in [7, 11) is 1.51. The molecule has 1 N–H and O–H groups in total. The molecule has 4 nitrogen and oxygen atoms in total. The van der Waals surface area contributed by atoms with Gasteiger partial charge in [0, 0.05) is 18.9 Å². The highest BCUT2D eigenvalue weighted by Gasteiger charge is 2.26. The lowest BCUT2D eigenvalue weighted by Crippen LogP contribution is -2.18. The zero-order valence-corrected chi connectivity index (χ0v) is 17.9. The van der Waals surface area contributed by atoms with Gasteiger partial charge in [-0.2, -0.15) is 0 Å². The van der Waals surface area contributed by atoms with Crippen LogP contribution >= 0.6 is 0 Å². The van der Waals surface area contributed by atoms with Gasteiger partial charge < -0.3 is 9.84 Å². The number of methoxy groups -OCH3 is 1. The predicted octanol–water partition coefficient (Wildman–Crippen LogP) is 5.90. The standard InChI is InChI=1S/C24H34O4/c1-7-24(5,12-8-9-18(4)14-19(25)13-17(2)3)16-23(27)21-11-10-20(28-6)15-22(21)26/h7,10-11,14-15,17,26H,1,8-9,12-13,16H2,2-6H3/t24-/m0/s1. The van der Waals surface area contributed by atoms with Crippen molar-refractivity contribution in [2.75, 3.05) is 7.11 Å². The van der Waals surface area contributed by atoms with Crippen molar-refractivity contribution < 1.29 is 19.4 Å². The van der Waals surface area contributed by atoms with E-state index in [0.717, 1.165) is 24.8 Å². The van der Waals surface area contributed by atoms with Crippen LogP contribution in [0, 0.1) is 11.3 Å². The Balaban J connectivity index is 2.67. The van der Waals surface area contributed by atoms with Gasteiger partial charge in [-0.1, -0.05) is 32.4 Å². The quantitative estimate of drug-likeness (QED) is 0.276. The number of phenols is 1. The molecule has 0 spiro atoms. The molecule has 0 aliphatic rings. The molecule has 0 aliphatic heterocycles. The summed E-state index contributed by atoms with van der Waals surface area (Å²) >= 11 is 0. The fourth-order valence-corrected chi connectivity index (χ4v) is 3.18. The molecule has 0 saturated carbocycles. The van der Waals surface area contributed by atoms with Crippen LogP contribution in [0.4, 0.5) is 0 Å². The van der Waals surface area contributed by atoms with Gasteiger partial charge in [0.25, 0.3) is 0 Å². The van der Waals surface area contributed by atoms with E-state index in [1.807, 2.05) is 33.8 Å². The van der Waals surface area contributed by atoms with Gasteiger partial charge in [0.2, 0.25) is 0 Å². The molecule has 28 heavy (non-hydrogen) atoms. The molecular weight excluding hydrogens is 352 g/mol. The number of Topliss-reactive ketones (excluding diaryl/α,β-unsaturated/α-hetero) is 1. The summed E-state index contributed by atoms with van der Waals surface area (Å²) in [5, 5.41) is 10.1. The second-order valence-electron chi connectivity index (χ2n) is 8.25. The van der Waals surface area contributed by atoms with Crippen LogP contribution in [0.25, 0.3) is 0 Å². The first kappa shape index (κ1) is 23.7. The topological polar surface area (TPSA) is 63.6 Å². The number of hydrogen-bond donors (Lipinski definition) is 1. The first-order valence-corrected chi connectivity index (χ1v) is 9.84. The highest BCUT2D eigenvalue weighted by molar-refractivity contribution is 5.99. The molecule has 0 saturated heterocycles. The van der Waals surface area contributed by atoms with E-state index in [9.17, 15) is 14.7 Å². The molecule has 1 atom stereocenters. The number of ether oxygens (including phenoxy) is 1. The number of benzene rings is 1.